The third-order valence-corrected chi connectivity index (χ3v) is 4.26. The van der Waals surface area contributed by atoms with Crippen molar-refractivity contribution in [3.63, 3.8) is 0 Å². The normalized spacial score (nSPS) is 12.8. The number of hydrogen-bond acceptors (Lipinski definition) is 3. The summed E-state index contributed by atoms with van der Waals surface area (Å²) in [5, 5.41) is 2.31. The first kappa shape index (κ1) is 20.5. The molecule has 0 bridgehead atoms. The maximum atomic E-state index is 13.7. The molecule has 1 unspecified atom stereocenters. The van der Waals surface area contributed by atoms with Gasteiger partial charge in [-0.25, -0.2) is 0 Å². The number of nitrogens with one attached hydrogen (secondary N) is 1. The maximum absolute atomic E-state index is 13.7. The molecule has 3 aromatic rings. The second-order valence-electron chi connectivity index (χ2n) is 6.20. The van der Waals surface area contributed by atoms with Crippen LogP contribution in [-0.4, -0.2) is 17.5 Å². The van der Waals surface area contributed by atoms with E-state index in [1.165, 1.54) is 42.5 Å². The molecular weight excluding hydrogens is 395 g/mol. The largest absolute Gasteiger partial charge is 0.435 e. The maximum Gasteiger partial charge on any atom is 0.417 e. The Hall–Kier alpha value is -3.23. The number of fused-ring (bicyclic) bond motifs is 1. The molecule has 0 spiro atoms. The van der Waals surface area contributed by atoms with E-state index in [-0.39, 0.29) is 16.7 Å². The van der Waals surface area contributed by atoms with Crippen molar-refractivity contribution in [2.24, 2.45) is 0 Å². The van der Waals surface area contributed by atoms with Gasteiger partial charge in [0, 0.05) is 11.6 Å². The number of hydrogen-bond donors (Lipinski definition) is 1. The van der Waals surface area contributed by atoms with Gasteiger partial charge in [0.2, 0.25) is 0 Å². The van der Waals surface area contributed by atoms with Gasteiger partial charge >= 0.3 is 12.8 Å². The number of alkyl halides is 5. The van der Waals surface area contributed by atoms with E-state index in [0.29, 0.717) is 5.56 Å². The van der Waals surface area contributed by atoms with Crippen LogP contribution < -0.4 is 10.1 Å². The number of carbonyl (C=O) groups excluding carboxylic acids is 1. The van der Waals surface area contributed by atoms with Gasteiger partial charge in [0.05, 0.1) is 22.7 Å². The van der Waals surface area contributed by atoms with E-state index in [9.17, 15) is 26.7 Å². The number of ether oxygens (including phenoxy) is 1. The van der Waals surface area contributed by atoms with Crippen LogP contribution in [-0.2, 0) is 6.18 Å². The monoisotopic (exact) mass is 410 g/mol. The van der Waals surface area contributed by atoms with Crippen molar-refractivity contribution >= 4 is 16.8 Å². The molecule has 0 radical (unpaired) electrons. The predicted molar refractivity (Wildman–Crippen MR) is 95.7 cm³/mol. The Kier molecular flexibility index (Phi) is 5.67. The van der Waals surface area contributed by atoms with Gasteiger partial charge in [0.15, 0.2) is 0 Å². The molecule has 29 heavy (non-hydrogen) atoms. The summed E-state index contributed by atoms with van der Waals surface area (Å²) in [6.45, 7) is -1.41. The van der Waals surface area contributed by atoms with Crippen molar-refractivity contribution in [1.29, 1.82) is 0 Å². The summed E-state index contributed by atoms with van der Waals surface area (Å²) < 4.78 is 69.6. The van der Waals surface area contributed by atoms with Crippen molar-refractivity contribution in [2.75, 3.05) is 0 Å². The molecule has 0 aliphatic carbocycles. The molecule has 1 amide bonds. The van der Waals surface area contributed by atoms with Crippen molar-refractivity contribution in [3.05, 3.63) is 71.4 Å². The third kappa shape index (κ3) is 4.61. The Balaban J connectivity index is 1.88. The van der Waals surface area contributed by atoms with Gasteiger partial charge < -0.3 is 10.1 Å². The van der Waals surface area contributed by atoms with Gasteiger partial charge in [-0.3, -0.25) is 9.78 Å². The zero-order valence-electron chi connectivity index (χ0n) is 15.0. The number of aromatic nitrogens is 1. The molecule has 0 saturated carbocycles. The summed E-state index contributed by atoms with van der Waals surface area (Å²) >= 11 is 0. The van der Waals surface area contributed by atoms with Crippen molar-refractivity contribution in [1.82, 2.24) is 10.3 Å². The first-order valence-corrected chi connectivity index (χ1v) is 8.47. The number of carbonyl (C=O) groups is 1. The molecule has 1 atom stereocenters. The quantitative estimate of drug-likeness (QED) is 0.578. The summed E-state index contributed by atoms with van der Waals surface area (Å²) in [5.74, 6) is -1.02. The van der Waals surface area contributed by atoms with E-state index in [2.05, 4.69) is 15.0 Å². The lowest BCUT2D eigenvalue weighted by atomic mass is 10.0. The number of para-hydroxylation sites is 1. The fraction of sp³-hybridized carbons (Fsp3) is 0.200. The van der Waals surface area contributed by atoms with Gasteiger partial charge in [0.1, 0.15) is 5.75 Å². The lowest BCUT2D eigenvalue weighted by Gasteiger charge is -2.18. The Morgan fingerprint density at radius 3 is 2.34 bits per heavy atom. The lowest BCUT2D eigenvalue weighted by molar-refractivity contribution is -0.136. The number of amides is 1. The second-order valence-corrected chi connectivity index (χ2v) is 6.20. The van der Waals surface area contributed by atoms with Crippen LogP contribution in [0.2, 0.25) is 0 Å². The summed E-state index contributed by atoms with van der Waals surface area (Å²) in [5.41, 5.74) is -1.03. The zero-order chi connectivity index (χ0) is 21.2. The fourth-order valence-corrected chi connectivity index (χ4v) is 2.91. The highest BCUT2D eigenvalue weighted by Gasteiger charge is 2.37. The minimum Gasteiger partial charge on any atom is -0.435 e. The first-order chi connectivity index (χ1) is 13.7. The van der Waals surface area contributed by atoms with E-state index >= 15 is 0 Å². The van der Waals surface area contributed by atoms with E-state index in [1.807, 2.05) is 0 Å². The molecule has 1 heterocycles. The molecule has 4 nitrogen and oxygen atoms in total. The SMILES string of the molecule is CC(NC(=O)c1cnc2ccccc2c1C(F)(F)F)c1ccc(OC(F)F)cc1. The summed E-state index contributed by atoms with van der Waals surface area (Å²) in [6.07, 6.45) is -3.86. The number of rotatable bonds is 5. The van der Waals surface area contributed by atoms with Crippen LogP contribution >= 0.6 is 0 Å². The third-order valence-electron chi connectivity index (χ3n) is 4.26. The van der Waals surface area contributed by atoms with Gasteiger partial charge in [-0.05, 0) is 30.7 Å². The highest BCUT2D eigenvalue weighted by atomic mass is 19.4. The molecule has 3 rings (SSSR count). The molecule has 2 aromatic carbocycles. The summed E-state index contributed by atoms with van der Waals surface area (Å²) in [7, 11) is 0. The first-order valence-electron chi connectivity index (χ1n) is 8.47. The average Bonchev–Trinajstić information content (AvgIpc) is 2.66. The molecule has 0 aliphatic heterocycles. The molecule has 9 heteroatoms. The van der Waals surface area contributed by atoms with Gasteiger partial charge in [-0.2, -0.15) is 22.0 Å². The Bertz CT molecular complexity index is 1020. The van der Waals surface area contributed by atoms with Crippen molar-refractivity contribution in [2.45, 2.75) is 25.8 Å². The standard InChI is InChI=1S/C20H15F5N2O2/c1-11(12-6-8-13(9-7-12)29-19(21)22)27-18(28)15-10-26-16-5-3-2-4-14(16)17(15)20(23,24)25/h2-11,19H,1H3,(H,27,28). The van der Waals surface area contributed by atoms with Crippen LogP contribution in [0.25, 0.3) is 10.9 Å². The lowest BCUT2D eigenvalue weighted by Crippen LogP contribution is -2.29. The highest BCUT2D eigenvalue weighted by Crippen LogP contribution is 2.37. The number of nitrogens with zero attached hydrogens (tertiary/aromatic N) is 1. The second kappa shape index (κ2) is 8.02. The molecule has 0 fully saturated rings. The number of benzene rings is 2. The topological polar surface area (TPSA) is 51.2 Å². The summed E-state index contributed by atoms with van der Waals surface area (Å²) in [6, 6.07) is 10.4. The Morgan fingerprint density at radius 2 is 1.72 bits per heavy atom. The number of halogens is 5. The van der Waals surface area contributed by atoms with Crippen molar-refractivity contribution in [3.8, 4) is 5.75 Å². The smallest absolute Gasteiger partial charge is 0.417 e. The van der Waals surface area contributed by atoms with E-state index in [0.717, 1.165) is 6.20 Å². The Labute approximate surface area is 162 Å². The van der Waals surface area contributed by atoms with Crippen molar-refractivity contribution < 1.29 is 31.5 Å². The van der Waals surface area contributed by atoms with Crippen LogP contribution in [0.15, 0.2) is 54.7 Å². The van der Waals surface area contributed by atoms with Crippen LogP contribution in [0.4, 0.5) is 22.0 Å². The van der Waals surface area contributed by atoms with Crippen LogP contribution in [0, 0.1) is 0 Å². The molecule has 152 valence electrons. The van der Waals surface area contributed by atoms with Crippen LogP contribution in [0.1, 0.15) is 34.5 Å². The predicted octanol–water partition coefficient (Wildman–Crippen LogP) is 5.35. The Morgan fingerprint density at radius 1 is 1.07 bits per heavy atom. The minimum absolute atomic E-state index is 0.0691. The minimum atomic E-state index is -4.76. The van der Waals surface area contributed by atoms with E-state index in [4.69, 9.17) is 0 Å². The zero-order valence-corrected chi connectivity index (χ0v) is 15.0. The molecule has 1 N–H and O–H groups in total. The van der Waals surface area contributed by atoms with Gasteiger partial charge in [-0.1, -0.05) is 30.3 Å². The molecule has 0 saturated heterocycles. The van der Waals surface area contributed by atoms with Crippen LogP contribution in [0.5, 0.6) is 5.75 Å². The fourth-order valence-electron chi connectivity index (χ4n) is 2.91. The molecule has 1 aromatic heterocycles. The van der Waals surface area contributed by atoms with E-state index < -0.39 is 35.9 Å². The van der Waals surface area contributed by atoms with E-state index in [1.54, 1.807) is 13.0 Å². The average molecular weight is 410 g/mol. The number of pyridine rings is 1. The van der Waals surface area contributed by atoms with Crippen LogP contribution in [0.3, 0.4) is 0 Å². The summed E-state index contributed by atoms with van der Waals surface area (Å²) in [4.78, 5) is 16.5. The highest BCUT2D eigenvalue weighted by molar-refractivity contribution is 6.00. The van der Waals surface area contributed by atoms with Gasteiger partial charge in [-0.15, -0.1) is 0 Å². The molecular formula is C20H15F5N2O2. The molecule has 0 aliphatic rings. The van der Waals surface area contributed by atoms with Gasteiger partial charge in [0.25, 0.3) is 5.91 Å².